The smallest absolute Gasteiger partial charge is 0.131 e. The fourth-order valence-electron chi connectivity index (χ4n) is 2.74. The van der Waals surface area contributed by atoms with Crippen molar-refractivity contribution in [2.45, 2.75) is 45.0 Å². The highest BCUT2D eigenvalue weighted by molar-refractivity contribution is 6.17. The molecule has 4 heteroatoms. The molecule has 16 heavy (non-hydrogen) atoms. The molecule has 0 aliphatic carbocycles. The SMILES string of the molecule is CCC1CCCN1c1c(CCl)c(C)nn1C. The molecule has 90 valence electrons. The molecule has 1 aromatic rings. The Morgan fingerprint density at radius 3 is 2.88 bits per heavy atom. The summed E-state index contributed by atoms with van der Waals surface area (Å²) in [5.41, 5.74) is 2.26. The Morgan fingerprint density at radius 1 is 1.50 bits per heavy atom. The fraction of sp³-hybridized carbons (Fsp3) is 0.750. The van der Waals surface area contributed by atoms with Crippen molar-refractivity contribution in [1.29, 1.82) is 0 Å². The summed E-state index contributed by atoms with van der Waals surface area (Å²) in [6, 6.07) is 0.664. The van der Waals surface area contributed by atoms with Gasteiger partial charge >= 0.3 is 0 Å². The van der Waals surface area contributed by atoms with E-state index in [9.17, 15) is 0 Å². The standard InChI is InChI=1S/C12H20ClN3/c1-4-10-6-5-7-16(10)12-11(8-13)9(2)14-15(12)3/h10H,4-8H2,1-3H3. The molecule has 0 saturated carbocycles. The van der Waals surface area contributed by atoms with Gasteiger partial charge in [-0.05, 0) is 26.2 Å². The molecule has 1 unspecified atom stereocenters. The first kappa shape index (κ1) is 11.8. The van der Waals surface area contributed by atoms with Gasteiger partial charge in [-0.15, -0.1) is 11.6 Å². The first-order valence-corrected chi connectivity index (χ1v) is 6.57. The summed E-state index contributed by atoms with van der Waals surface area (Å²) < 4.78 is 1.99. The van der Waals surface area contributed by atoms with Crippen LogP contribution in [0.3, 0.4) is 0 Å². The van der Waals surface area contributed by atoms with Crippen LogP contribution in [0.4, 0.5) is 5.82 Å². The van der Waals surface area contributed by atoms with Gasteiger partial charge in [0.2, 0.25) is 0 Å². The van der Waals surface area contributed by atoms with Crippen molar-refractivity contribution in [1.82, 2.24) is 9.78 Å². The number of aryl methyl sites for hydroxylation is 2. The molecule has 1 aliphatic rings. The molecule has 3 nitrogen and oxygen atoms in total. The van der Waals surface area contributed by atoms with Crippen molar-refractivity contribution in [3.63, 3.8) is 0 Å². The van der Waals surface area contributed by atoms with Gasteiger partial charge in [-0.25, -0.2) is 0 Å². The fourth-order valence-corrected chi connectivity index (χ4v) is 3.06. The molecule has 0 spiro atoms. The van der Waals surface area contributed by atoms with Crippen LogP contribution in [0.25, 0.3) is 0 Å². The maximum atomic E-state index is 6.04. The van der Waals surface area contributed by atoms with Crippen LogP contribution in [0.1, 0.15) is 37.4 Å². The lowest BCUT2D eigenvalue weighted by molar-refractivity contribution is 0.619. The summed E-state index contributed by atoms with van der Waals surface area (Å²) in [5, 5.41) is 4.49. The second kappa shape index (κ2) is 4.66. The van der Waals surface area contributed by atoms with Gasteiger partial charge in [0.1, 0.15) is 5.82 Å². The summed E-state index contributed by atoms with van der Waals surface area (Å²) in [5.74, 6) is 1.79. The van der Waals surface area contributed by atoms with Crippen LogP contribution >= 0.6 is 11.6 Å². The van der Waals surface area contributed by atoms with Crippen LogP contribution < -0.4 is 4.90 Å². The number of halogens is 1. The maximum absolute atomic E-state index is 6.04. The van der Waals surface area contributed by atoms with E-state index in [1.54, 1.807) is 0 Å². The van der Waals surface area contributed by atoms with Crippen LogP contribution in [0.2, 0.25) is 0 Å². The molecule has 0 aromatic carbocycles. The Kier molecular flexibility index (Phi) is 3.43. The molecular weight excluding hydrogens is 222 g/mol. The number of nitrogens with zero attached hydrogens (tertiary/aromatic N) is 3. The third-order valence-corrected chi connectivity index (χ3v) is 3.83. The largest absolute Gasteiger partial charge is 0.354 e. The number of alkyl halides is 1. The molecule has 2 rings (SSSR count). The van der Waals surface area contributed by atoms with E-state index >= 15 is 0 Å². The first-order chi connectivity index (χ1) is 7.69. The summed E-state index contributed by atoms with van der Waals surface area (Å²) in [7, 11) is 2.02. The molecule has 0 bridgehead atoms. The van der Waals surface area contributed by atoms with Crippen LogP contribution in [0.5, 0.6) is 0 Å². The zero-order valence-electron chi connectivity index (χ0n) is 10.3. The molecule has 0 amide bonds. The minimum absolute atomic E-state index is 0.557. The highest BCUT2D eigenvalue weighted by atomic mass is 35.5. The highest BCUT2D eigenvalue weighted by Crippen LogP contribution is 2.32. The van der Waals surface area contributed by atoms with E-state index in [-0.39, 0.29) is 0 Å². The van der Waals surface area contributed by atoms with E-state index in [0.717, 1.165) is 12.2 Å². The zero-order valence-corrected chi connectivity index (χ0v) is 11.1. The van der Waals surface area contributed by atoms with Crippen molar-refractivity contribution in [2.24, 2.45) is 7.05 Å². The van der Waals surface area contributed by atoms with E-state index < -0.39 is 0 Å². The predicted octanol–water partition coefficient (Wildman–Crippen LogP) is 2.85. The lowest BCUT2D eigenvalue weighted by Crippen LogP contribution is -2.31. The summed E-state index contributed by atoms with van der Waals surface area (Å²) >= 11 is 6.04. The number of hydrogen-bond donors (Lipinski definition) is 0. The van der Waals surface area contributed by atoms with E-state index in [2.05, 4.69) is 16.9 Å². The molecular formula is C12H20ClN3. The van der Waals surface area contributed by atoms with Gasteiger partial charge in [0.15, 0.2) is 0 Å². The Morgan fingerprint density at radius 2 is 2.25 bits per heavy atom. The Bertz CT molecular complexity index is 373. The molecule has 1 aliphatic heterocycles. The minimum atomic E-state index is 0.557. The van der Waals surface area contributed by atoms with Crippen LogP contribution in [-0.2, 0) is 12.9 Å². The van der Waals surface area contributed by atoms with E-state index in [1.165, 1.54) is 30.6 Å². The van der Waals surface area contributed by atoms with Crippen molar-refractivity contribution in [3.05, 3.63) is 11.3 Å². The van der Waals surface area contributed by atoms with Crippen molar-refractivity contribution in [3.8, 4) is 0 Å². The second-order valence-corrected chi connectivity index (χ2v) is 4.81. The van der Waals surface area contributed by atoms with Gasteiger partial charge in [-0.1, -0.05) is 6.92 Å². The topological polar surface area (TPSA) is 21.1 Å². The van der Waals surface area contributed by atoms with Crippen molar-refractivity contribution >= 4 is 17.4 Å². The Hall–Kier alpha value is -0.700. The number of rotatable bonds is 3. The third kappa shape index (κ3) is 1.81. The van der Waals surface area contributed by atoms with E-state index in [4.69, 9.17) is 11.6 Å². The molecule has 0 radical (unpaired) electrons. The summed E-state index contributed by atoms with van der Waals surface area (Å²) in [6.07, 6.45) is 3.78. The molecule has 1 saturated heterocycles. The maximum Gasteiger partial charge on any atom is 0.131 e. The van der Waals surface area contributed by atoms with Crippen LogP contribution in [-0.4, -0.2) is 22.4 Å². The first-order valence-electron chi connectivity index (χ1n) is 6.04. The van der Waals surface area contributed by atoms with Crippen molar-refractivity contribution in [2.75, 3.05) is 11.4 Å². The Labute approximate surface area is 102 Å². The number of anilines is 1. The quantitative estimate of drug-likeness (QED) is 0.759. The molecule has 1 aromatic heterocycles. The lowest BCUT2D eigenvalue weighted by Gasteiger charge is -2.26. The van der Waals surface area contributed by atoms with Crippen LogP contribution in [0.15, 0.2) is 0 Å². The van der Waals surface area contributed by atoms with Crippen LogP contribution in [0, 0.1) is 6.92 Å². The normalized spacial score (nSPS) is 20.8. The molecule has 0 N–H and O–H groups in total. The van der Waals surface area contributed by atoms with E-state index in [1.807, 2.05) is 18.7 Å². The second-order valence-electron chi connectivity index (χ2n) is 4.54. The van der Waals surface area contributed by atoms with Gasteiger partial charge in [0.05, 0.1) is 11.6 Å². The molecule has 2 heterocycles. The monoisotopic (exact) mass is 241 g/mol. The Balaban J connectivity index is 2.38. The number of hydrogen-bond acceptors (Lipinski definition) is 2. The van der Waals surface area contributed by atoms with Gasteiger partial charge in [-0.2, -0.15) is 5.10 Å². The predicted molar refractivity (Wildman–Crippen MR) is 68.2 cm³/mol. The highest BCUT2D eigenvalue weighted by Gasteiger charge is 2.28. The third-order valence-electron chi connectivity index (χ3n) is 3.57. The minimum Gasteiger partial charge on any atom is -0.354 e. The zero-order chi connectivity index (χ0) is 11.7. The average Bonchev–Trinajstić information content (AvgIpc) is 2.81. The average molecular weight is 242 g/mol. The summed E-state index contributed by atoms with van der Waals surface area (Å²) in [4.78, 5) is 2.48. The molecule has 1 atom stereocenters. The van der Waals surface area contributed by atoms with Crippen molar-refractivity contribution < 1.29 is 0 Å². The molecule has 1 fully saturated rings. The summed E-state index contributed by atoms with van der Waals surface area (Å²) in [6.45, 7) is 5.44. The van der Waals surface area contributed by atoms with Gasteiger partial charge in [0.25, 0.3) is 0 Å². The lowest BCUT2D eigenvalue weighted by atomic mass is 10.1. The van der Waals surface area contributed by atoms with Gasteiger partial charge in [-0.3, -0.25) is 4.68 Å². The number of aromatic nitrogens is 2. The van der Waals surface area contributed by atoms with Gasteiger partial charge in [0, 0.05) is 25.2 Å². The van der Waals surface area contributed by atoms with E-state index in [0.29, 0.717) is 11.9 Å². The van der Waals surface area contributed by atoms with Gasteiger partial charge < -0.3 is 4.90 Å².